The normalized spacial score (nSPS) is 14.7. The van der Waals surface area contributed by atoms with E-state index in [1.54, 1.807) is 36.4 Å². The SMILES string of the molecule is CCOc1ccc([C@@H]2C(C(=O)OC)=CN=c3s/c(=C\c4cc(OC)c(O)c(OC)c4)c(=O)n32)cc1OCC. The second-order valence-electron chi connectivity index (χ2n) is 8.02. The average Bonchev–Trinajstić information content (AvgIpc) is 3.24. The van der Waals surface area contributed by atoms with E-state index in [1.165, 1.54) is 32.1 Å². The predicted molar refractivity (Wildman–Crippen MR) is 141 cm³/mol. The summed E-state index contributed by atoms with van der Waals surface area (Å²) in [5.41, 5.74) is 1.05. The molecule has 0 spiro atoms. The standard InChI is InChI=1S/C27H28N2O8S/c1-6-36-18-9-8-16(13-19(18)37-7-2)23-17(26(32)35-5)14-28-27-29(23)25(31)22(38-27)12-15-10-20(33-3)24(30)21(11-15)34-4/h8-14,23,30H,6-7H2,1-5H3/b22-12-/t23-/m1/s1. The van der Waals surface area contributed by atoms with Gasteiger partial charge in [0.1, 0.15) is 0 Å². The first-order chi connectivity index (χ1) is 18.4. The highest BCUT2D eigenvalue weighted by atomic mass is 32.1. The van der Waals surface area contributed by atoms with Crippen LogP contribution in [0.2, 0.25) is 0 Å². The Morgan fingerprint density at radius 3 is 2.29 bits per heavy atom. The van der Waals surface area contributed by atoms with Crippen molar-refractivity contribution in [3.8, 4) is 28.7 Å². The number of carbonyl (C=O) groups excluding carboxylic acids is 1. The summed E-state index contributed by atoms with van der Waals surface area (Å²) in [5.74, 6) is 0.715. The Bertz CT molecular complexity index is 1550. The molecule has 0 fully saturated rings. The Hall–Kier alpha value is -4.25. The van der Waals surface area contributed by atoms with Gasteiger partial charge in [-0.15, -0.1) is 0 Å². The van der Waals surface area contributed by atoms with Crippen LogP contribution in [0.3, 0.4) is 0 Å². The van der Waals surface area contributed by atoms with Gasteiger partial charge in [0.15, 0.2) is 27.8 Å². The lowest BCUT2D eigenvalue weighted by molar-refractivity contribution is -0.136. The number of esters is 1. The van der Waals surface area contributed by atoms with Gasteiger partial charge in [-0.05, 0) is 55.3 Å². The molecule has 1 aliphatic rings. The summed E-state index contributed by atoms with van der Waals surface area (Å²) >= 11 is 1.16. The maximum absolute atomic E-state index is 13.7. The van der Waals surface area contributed by atoms with E-state index < -0.39 is 12.0 Å². The molecule has 2 heterocycles. The van der Waals surface area contributed by atoms with Crippen LogP contribution in [0.1, 0.15) is 31.0 Å². The number of hydrogen-bond donors (Lipinski definition) is 1. The molecule has 11 heteroatoms. The van der Waals surface area contributed by atoms with Crippen molar-refractivity contribution in [2.24, 2.45) is 4.99 Å². The van der Waals surface area contributed by atoms with Crippen molar-refractivity contribution in [1.29, 1.82) is 0 Å². The lowest BCUT2D eigenvalue weighted by Crippen LogP contribution is -2.39. The minimum atomic E-state index is -0.806. The van der Waals surface area contributed by atoms with Crippen molar-refractivity contribution in [3.05, 3.63) is 72.9 Å². The van der Waals surface area contributed by atoms with Crippen LogP contribution < -0.4 is 33.8 Å². The zero-order valence-electron chi connectivity index (χ0n) is 21.6. The van der Waals surface area contributed by atoms with Crippen molar-refractivity contribution in [2.45, 2.75) is 19.9 Å². The number of thiazole rings is 1. The average molecular weight is 541 g/mol. The molecule has 1 atom stereocenters. The number of hydrogen-bond acceptors (Lipinski definition) is 10. The molecule has 10 nitrogen and oxygen atoms in total. The topological polar surface area (TPSA) is 118 Å². The highest BCUT2D eigenvalue weighted by molar-refractivity contribution is 7.07. The second-order valence-corrected chi connectivity index (χ2v) is 9.03. The van der Waals surface area contributed by atoms with Gasteiger partial charge < -0.3 is 28.8 Å². The molecule has 0 aliphatic carbocycles. The maximum atomic E-state index is 13.7. The van der Waals surface area contributed by atoms with Crippen LogP contribution in [0.25, 0.3) is 6.08 Å². The zero-order chi connectivity index (χ0) is 27.4. The first-order valence-electron chi connectivity index (χ1n) is 11.8. The molecule has 38 heavy (non-hydrogen) atoms. The van der Waals surface area contributed by atoms with Gasteiger partial charge in [-0.3, -0.25) is 9.36 Å². The van der Waals surface area contributed by atoms with E-state index in [1.807, 2.05) is 13.8 Å². The van der Waals surface area contributed by atoms with Crippen molar-refractivity contribution in [3.63, 3.8) is 0 Å². The molecule has 0 saturated heterocycles. The van der Waals surface area contributed by atoms with Crippen molar-refractivity contribution < 1.29 is 33.6 Å². The van der Waals surface area contributed by atoms with Crippen LogP contribution in [0, 0.1) is 0 Å². The third kappa shape index (κ3) is 4.97. The molecule has 1 N–H and O–H groups in total. The number of aromatic nitrogens is 1. The smallest absolute Gasteiger partial charge is 0.337 e. The van der Waals surface area contributed by atoms with Gasteiger partial charge in [0.05, 0.1) is 50.7 Å². The Morgan fingerprint density at radius 1 is 1.03 bits per heavy atom. The number of fused-ring (bicyclic) bond motifs is 1. The molecule has 0 unspecified atom stereocenters. The first kappa shape index (κ1) is 26.8. The highest BCUT2D eigenvalue weighted by Crippen LogP contribution is 2.37. The van der Waals surface area contributed by atoms with E-state index in [4.69, 9.17) is 23.7 Å². The fourth-order valence-electron chi connectivity index (χ4n) is 4.14. The number of aromatic hydroxyl groups is 1. The summed E-state index contributed by atoms with van der Waals surface area (Å²) in [6, 6.07) is 7.67. The lowest BCUT2D eigenvalue weighted by Gasteiger charge is -2.23. The molecule has 3 aromatic rings. The van der Waals surface area contributed by atoms with E-state index in [-0.39, 0.29) is 28.4 Å². The fraction of sp³-hybridized carbons (Fsp3) is 0.296. The van der Waals surface area contributed by atoms with Crippen LogP contribution in [0.15, 0.2) is 51.9 Å². The van der Waals surface area contributed by atoms with Gasteiger partial charge >= 0.3 is 5.97 Å². The van der Waals surface area contributed by atoms with Crippen LogP contribution in [-0.2, 0) is 9.53 Å². The van der Waals surface area contributed by atoms with Crippen LogP contribution in [0.4, 0.5) is 0 Å². The Morgan fingerprint density at radius 2 is 1.68 bits per heavy atom. The second kappa shape index (κ2) is 11.4. The molecular weight excluding hydrogens is 512 g/mol. The summed E-state index contributed by atoms with van der Waals surface area (Å²) < 4.78 is 28.8. The molecule has 0 amide bonds. The molecule has 4 rings (SSSR count). The van der Waals surface area contributed by atoms with E-state index in [0.29, 0.717) is 45.2 Å². The largest absolute Gasteiger partial charge is 0.502 e. The number of methoxy groups -OCH3 is 3. The van der Waals surface area contributed by atoms with Crippen LogP contribution in [-0.4, -0.2) is 50.2 Å². The van der Waals surface area contributed by atoms with Gasteiger partial charge in [-0.1, -0.05) is 17.4 Å². The number of phenolic OH excluding ortho intramolecular Hbond substituents is 1. The number of phenols is 1. The van der Waals surface area contributed by atoms with Crippen molar-refractivity contribution in [2.75, 3.05) is 34.5 Å². The minimum absolute atomic E-state index is 0.142. The van der Waals surface area contributed by atoms with E-state index in [9.17, 15) is 14.7 Å². The molecule has 2 aromatic carbocycles. The highest BCUT2D eigenvalue weighted by Gasteiger charge is 2.31. The van der Waals surface area contributed by atoms with Gasteiger partial charge in [0.25, 0.3) is 5.56 Å². The van der Waals surface area contributed by atoms with Crippen molar-refractivity contribution in [1.82, 2.24) is 4.57 Å². The molecule has 1 aliphatic heterocycles. The fourth-order valence-corrected chi connectivity index (χ4v) is 5.11. The van der Waals surface area contributed by atoms with Crippen LogP contribution >= 0.6 is 11.3 Å². The van der Waals surface area contributed by atoms with Gasteiger partial charge in [0.2, 0.25) is 5.75 Å². The molecule has 200 valence electrons. The molecular formula is C27H28N2O8S. The lowest BCUT2D eigenvalue weighted by atomic mass is 9.97. The van der Waals surface area contributed by atoms with Gasteiger partial charge in [-0.2, -0.15) is 0 Å². The third-order valence-electron chi connectivity index (χ3n) is 5.81. The number of rotatable bonds is 9. The summed E-state index contributed by atoms with van der Waals surface area (Å²) in [6.45, 7) is 4.60. The molecule has 0 bridgehead atoms. The number of ether oxygens (including phenoxy) is 5. The quantitative estimate of drug-likeness (QED) is 0.412. The van der Waals surface area contributed by atoms with Gasteiger partial charge in [-0.25, -0.2) is 9.79 Å². The predicted octanol–water partition coefficient (Wildman–Crippen LogP) is 2.54. The van der Waals surface area contributed by atoms with E-state index in [2.05, 4.69) is 4.99 Å². The van der Waals surface area contributed by atoms with Crippen LogP contribution in [0.5, 0.6) is 28.7 Å². The molecule has 0 radical (unpaired) electrons. The third-order valence-corrected chi connectivity index (χ3v) is 6.81. The monoisotopic (exact) mass is 540 g/mol. The summed E-state index contributed by atoms with van der Waals surface area (Å²) in [6.07, 6.45) is 3.08. The Balaban J connectivity index is 1.91. The number of benzene rings is 2. The Kier molecular flexibility index (Phi) is 8.06. The van der Waals surface area contributed by atoms with E-state index >= 15 is 0 Å². The van der Waals surface area contributed by atoms with E-state index in [0.717, 1.165) is 11.3 Å². The summed E-state index contributed by atoms with van der Waals surface area (Å²) in [5, 5.41) is 10.2. The minimum Gasteiger partial charge on any atom is -0.502 e. The number of nitrogens with zero attached hydrogens (tertiary/aromatic N) is 2. The summed E-state index contributed by atoms with van der Waals surface area (Å²) in [4.78, 5) is 31.3. The zero-order valence-corrected chi connectivity index (χ0v) is 22.5. The van der Waals surface area contributed by atoms with Gasteiger partial charge in [0, 0.05) is 6.20 Å². The first-order valence-corrected chi connectivity index (χ1v) is 12.6. The molecule has 0 saturated carbocycles. The maximum Gasteiger partial charge on any atom is 0.337 e. The van der Waals surface area contributed by atoms with Crippen molar-refractivity contribution >= 4 is 23.4 Å². The molecule has 1 aromatic heterocycles. The summed E-state index contributed by atoms with van der Waals surface area (Å²) in [7, 11) is 4.13. The number of carbonyl (C=O) groups is 1. The Labute approximate surface area is 222 Å².